The van der Waals surface area contributed by atoms with Gasteiger partial charge in [-0.2, -0.15) is 5.26 Å². The predicted octanol–water partition coefficient (Wildman–Crippen LogP) is -0.398. The molecule has 1 rings (SSSR count). The smallest absolute Gasteiger partial charge is 0.204 e. The first-order valence-corrected chi connectivity index (χ1v) is 5.77. The molecule has 0 fully saturated rings. The zero-order valence-corrected chi connectivity index (χ0v) is 10.3. The minimum absolute atomic E-state index is 0.498. The summed E-state index contributed by atoms with van der Waals surface area (Å²) < 4.78 is 0. The number of hydrogen-bond acceptors (Lipinski definition) is 5. The van der Waals surface area contributed by atoms with Gasteiger partial charge in [0.25, 0.3) is 0 Å². The van der Waals surface area contributed by atoms with Gasteiger partial charge in [0.05, 0.1) is 13.1 Å². The monoisotopic (exact) mass is 247 g/mol. The summed E-state index contributed by atoms with van der Waals surface area (Å²) in [5, 5.41) is 17.1. The molecule has 0 spiro atoms. The first-order chi connectivity index (χ1) is 8.86. The van der Waals surface area contributed by atoms with Crippen LogP contribution in [0.15, 0.2) is 23.5 Å². The van der Waals surface area contributed by atoms with E-state index in [1.54, 1.807) is 18.5 Å². The molecule has 0 aliphatic carbocycles. The lowest BCUT2D eigenvalue weighted by Crippen LogP contribution is -2.35. The molecule has 0 saturated carbocycles. The highest BCUT2D eigenvalue weighted by Gasteiger charge is 1.95. The second-order valence-corrected chi connectivity index (χ2v) is 3.34. The van der Waals surface area contributed by atoms with Gasteiger partial charge in [0.1, 0.15) is 5.82 Å². The highest BCUT2D eigenvalue weighted by atomic mass is 15.2. The van der Waals surface area contributed by atoms with Gasteiger partial charge in [-0.1, -0.05) is 0 Å². The fourth-order valence-electron chi connectivity index (χ4n) is 1.23. The summed E-state index contributed by atoms with van der Waals surface area (Å²) >= 11 is 0. The predicted molar refractivity (Wildman–Crippen MR) is 68.5 cm³/mol. The lowest BCUT2D eigenvalue weighted by molar-refractivity contribution is 0.664. The van der Waals surface area contributed by atoms with Crippen LogP contribution in [-0.2, 0) is 6.54 Å². The summed E-state index contributed by atoms with van der Waals surface area (Å²) in [6.45, 7) is 4.54. The molecule has 0 radical (unpaired) electrons. The Hall–Kier alpha value is -2.20. The minimum Gasteiger partial charge on any atom is -0.356 e. The normalized spacial score (nSPS) is 10.8. The Bertz CT molecular complexity index is 396. The van der Waals surface area contributed by atoms with Crippen LogP contribution in [0, 0.1) is 11.5 Å². The number of nitriles is 1. The number of guanidine groups is 1. The van der Waals surface area contributed by atoms with Crippen molar-refractivity contribution in [2.24, 2.45) is 4.99 Å². The van der Waals surface area contributed by atoms with E-state index in [1.165, 1.54) is 0 Å². The molecular weight excluding hydrogens is 230 g/mol. The lowest BCUT2D eigenvalue weighted by atomic mass is 10.5. The van der Waals surface area contributed by atoms with Gasteiger partial charge >= 0.3 is 0 Å². The largest absolute Gasteiger partial charge is 0.356 e. The van der Waals surface area contributed by atoms with Crippen molar-refractivity contribution in [2.75, 3.05) is 19.6 Å². The molecule has 0 unspecified atom stereocenters. The van der Waals surface area contributed by atoms with Crippen LogP contribution in [0.3, 0.4) is 0 Å². The zero-order valence-electron chi connectivity index (χ0n) is 10.3. The number of nitrogens with zero attached hydrogens (tertiary/aromatic N) is 4. The second kappa shape index (κ2) is 8.90. The topological polar surface area (TPSA) is 98.0 Å². The molecule has 1 aromatic heterocycles. The van der Waals surface area contributed by atoms with Crippen molar-refractivity contribution in [2.45, 2.75) is 13.5 Å². The van der Waals surface area contributed by atoms with Crippen LogP contribution in [0.4, 0.5) is 0 Å². The SMILES string of the molecule is CCNC(=NCCNCc1ncccn1)NC#N. The fraction of sp³-hybridized carbons (Fsp3) is 0.455. The maximum Gasteiger partial charge on any atom is 0.204 e. The Morgan fingerprint density at radius 2 is 2.22 bits per heavy atom. The number of aromatic nitrogens is 2. The molecule has 7 heteroatoms. The van der Waals surface area contributed by atoms with E-state index in [2.05, 4.69) is 30.9 Å². The third-order valence-corrected chi connectivity index (χ3v) is 1.98. The van der Waals surface area contributed by atoms with Crippen LogP contribution < -0.4 is 16.0 Å². The van der Waals surface area contributed by atoms with Crippen molar-refractivity contribution < 1.29 is 0 Å². The van der Waals surface area contributed by atoms with Crippen molar-refractivity contribution in [3.8, 4) is 6.19 Å². The van der Waals surface area contributed by atoms with E-state index in [0.29, 0.717) is 25.6 Å². The Morgan fingerprint density at radius 1 is 1.44 bits per heavy atom. The number of hydrogen-bond donors (Lipinski definition) is 3. The van der Waals surface area contributed by atoms with Crippen molar-refractivity contribution in [1.82, 2.24) is 25.9 Å². The molecule has 0 atom stereocenters. The first kappa shape index (κ1) is 13.9. The molecule has 1 aromatic rings. The summed E-state index contributed by atoms with van der Waals surface area (Å²) in [4.78, 5) is 12.4. The molecule has 96 valence electrons. The van der Waals surface area contributed by atoms with Crippen LogP contribution in [0.1, 0.15) is 12.7 Å². The molecule has 0 aliphatic rings. The molecule has 3 N–H and O–H groups in total. The minimum atomic E-state index is 0.498. The average molecular weight is 247 g/mol. The fourth-order valence-corrected chi connectivity index (χ4v) is 1.23. The van der Waals surface area contributed by atoms with Gasteiger partial charge in [-0.15, -0.1) is 0 Å². The molecule has 0 bridgehead atoms. The highest BCUT2D eigenvalue weighted by molar-refractivity contribution is 5.81. The van der Waals surface area contributed by atoms with E-state index in [-0.39, 0.29) is 0 Å². The van der Waals surface area contributed by atoms with Crippen LogP contribution in [0.5, 0.6) is 0 Å². The van der Waals surface area contributed by atoms with E-state index in [1.807, 2.05) is 13.1 Å². The standard InChI is InChI=1S/C11H17N7/c1-2-14-11(18-9-12)17-7-6-13-8-10-15-4-3-5-16-10/h3-5,13H,2,6-8H2,1H3,(H2,14,17,18). The number of aliphatic imine (C=N–C) groups is 1. The molecular formula is C11H17N7. The summed E-state index contributed by atoms with van der Waals surface area (Å²) in [5.74, 6) is 1.25. The third-order valence-electron chi connectivity index (χ3n) is 1.98. The molecule has 1 heterocycles. The van der Waals surface area contributed by atoms with Crippen LogP contribution in [0.2, 0.25) is 0 Å². The maximum atomic E-state index is 8.50. The van der Waals surface area contributed by atoms with Crippen molar-refractivity contribution in [3.05, 3.63) is 24.3 Å². The summed E-state index contributed by atoms with van der Waals surface area (Å²) in [7, 11) is 0. The Kier molecular flexibility index (Phi) is 6.85. The van der Waals surface area contributed by atoms with Gasteiger partial charge in [-0.05, 0) is 13.0 Å². The zero-order chi connectivity index (χ0) is 13.1. The summed E-state index contributed by atoms with van der Waals surface area (Å²) in [5.41, 5.74) is 0. The van der Waals surface area contributed by atoms with E-state index in [0.717, 1.165) is 12.4 Å². The van der Waals surface area contributed by atoms with Crippen LogP contribution in [-0.4, -0.2) is 35.6 Å². The quantitative estimate of drug-likeness (QED) is 0.208. The van der Waals surface area contributed by atoms with Gasteiger partial charge in [0, 0.05) is 25.5 Å². The Balaban J connectivity index is 2.21. The molecule has 7 nitrogen and oxygen atoms in total. The van der Waals surface area contributed by atoms with Gasteiger partial charge in [0.2, 0.25) is 5.96 Å². The molecule has 0 aromatic carbocycles. The summed E-state index contributed by atoms with van der Waals surface area (Å²) in [6, 6.07) is 1.78. The van der Waals surface area contributed by atoms with Gasteiger partial charge in [-0.3, -0.25) is 10.3 Å². The summed E-state index contributed by atoms with van der Waals surface area (Å²) in [6.07, 6.45) is 5.26. The second-order valence-electron chi connectivity index (χ2n) is 3.34. The van der Waals surface area contributed by atoms with Crippen molar-refractivity contribution in [1.29, 1.82) is 5.26 Å². The van der Waals surface area contributed by atoms with Crippen molar-refractivity contribution in [3.63, 3.8) is 0 Å². The lowest BCUT2D eigenvalue weighted by Gasteiger charge is -2.05. The van der Waals surface area contributed by atoms with E-state index in [4.69, 9.17) is 5.26 Å². The number of rotatable bonds is 6. The van der Waals surface area contributed by atoms with Crippen molar-refractivity contribution >= 4 is 5.96 Å². The van der Waals surface area contributed by atoms with Gasteiger partial charge in [-0.25, -0.2) is 9.97 Å². The van der Waals surface area contributed by atoms with Crippen LogP contribution in [0.25, 0.3) is 0 Å². The van der Waals surface area contributed by atoms with Gasteiger partial charge < -0.3 is 10.6 Å². The maximum absolute atomic E-state index is 8.50. The highest BCUT2D eigenvalue weighted by Crippen LogP contribution is 1.85. The first-order valence-electron chi connectivity index (χ1n) is 5.77. The van der Waals surface area contributed by atoms with E-state index < -0.39 is 0 Å². The third kappa shape index (κ3) is 5.77. The van der Waals surface area contributed by atoms with Gasteiger partial charge in [0.15, 0.2) is 6.19 Å². The Labute approximate surface area is 106 Å². The molecule has 0 aliphatic heterocycles. The molecule has 18 heavy (non-hydrogen) atoms. The van der Waals surface area contributed by atoms with E-state index in [9.17, 15) is 0 Å². The molecule has 0 saturated heterocycles. The van der Waals surface area contributed by atoms with E-state index >= 15 is 0 Å². The number of nitrogens with one attached hydrogen (secondary N) is 3. The average Bonchev–Trinajstić information content (AvgIpc) is 2.40. The molecule has 0 amide bonds. The van der Waals surface area contributed by atoms with Crippen LogP contribution >= 0.6 is 0 Å². The Morgan fingerprint density at radius 3 is 2.89 bits per heavy atom.